The van der Waals surface area contributed by atoms with Crippen molar-refractivity contribution >= 4 is 0 Å². The van der Waals surface area contributed by atoms with Gasteiger partial charge in [-0.2, -0.15) is 0 Å². The highest BCUT2D eigenvalue weighted by Gasteiger charge is 1.59. The van der Waals surface area contributed by atoms with Crippen molar-refractivity contribution in [3.05, 3.63) is 0 Å². The Morgan fingerprint density at radius 3 is 2.44 bits per heavy atom. The largest absolute Gasteiger partial charge is 0.119 e. The minimum absolute atomic E-state index is 0.498. The van der Waals surface area contributed by atoms with Gasteiger partial charge in [-0.3, -0.25) is 0 Å². The molecule has 0 unspecified atom stereocenters. The molecule has 0 bridgehead atoms. The molecule has 0 aliphatic carbocycles. The van der Waals surface area contributed by atoms with Gasteiger partial charge in [-0.15, -0.1) is 6.42 Å². The summed E-state index contributed by atoms with van der Waals surface area (Å²) in [6.45, 7) is 1.98. The Bertz CT molecular complexity index is 206. The van der Waals surface area contributed by atoms with Gasteiger partial charge in [0.2, 0.25) is 0 Å². The Kier molecular flexibility index (Phi) is 5.70. The molecule has 44 valence electrons. The second-order valence-electron chi connectivity index (χ2n) is 1.34. The van der Waals surface area contributed by atoms with E-state index in [1.165, 1.54) is 0 Å². The standard InChI is InChI=1S/C9H8/c1-3-5-7-9-8-6-4-2/h1H,4-5H2,2H3. The van der Waals surface area contributed by atoms with Gasteiger partial charge in [0.1, 0.15) is 0 Å². The lowest BCUT2D eigenvalue weighted by molar-refractivity contribution is 1.28. The van der Waals surface area contributed by atoms with E-state index < -0.39 is 0 Å². The minimum Gasteiger partial charge on any atom is -0.119 e. The maximum absolute atomic E-state index is 4.94. The van der Waals surface area contributed by atoms with Gasteiger partial charge >= 0.3 is 0 Å². The Morgan fingerprint density at radius 1 is 1.22 bits per heavy atom. The van der Waals surface area contributed by atoms with E-state index in [9.17, 15) is 0 Å². The summed E-state index contributed by atoms with van der Waals surface area (Å²) in [5, 5.41) is 0. The van der Waals surface area contributed by atoms with Gasteiger partial charge in [0.25, 0.3) is 0 Å². The van der Waals surface area contributed by atoms with Crippen LogP contribution in [0.5, 0.6) is 0 Å². The molecular formula is C9H8. The average Bonchev–Trinajstić information content (AvgIpc) is 1.89. The van der Waals surface area contributed by atoms with Gasteiger partial charge in [-0.25, -0.2) is 0 Å². The first-order chi connectivity index (χ1) is 4.41. The monoisotopic (exact) mass is 116 g/mol. The summed E-state index contributed by atoms with van der Waals surface area (Å²) >= 11 is 0. The van der Waals surface area contributed by atoms with Crippen LogP contribution in [0, 0.1) is 36.0 Å². The van der Waals surface area contributed by atoms with E-state index in [4.69, 9.17) is 6.42 Å². The molecule has 0 aromatic rings. The second kappa shape index (κ2) is 6.68. The van der Waals surface area contributed by atoms with Crippen molar-refractivity contribution in [2.75, 3.05) is 0 Å². The van der Waals surface area contributed by atoms with E-state index in [0.717, 1.165) is 6.42 Å². The number of rotatable bonds is 0. The van der Waals surface area contributed by atoms with Gasteiger partial charge in [-0.1, -0.05) is 24.7 Å². The molecular weight excluding hydrogens is 108 g/mol. The van der Waals surface area contributed by atoms with Gasteiger partial charge in [0, 0.05) is 6.42 Å². The van der Waals surface area contributed by atoms with Crippen LogP contribution in [-0.4, -0.2) is 0 Å². The van der Waals surface area contributed by atoms with Gasteiger partial charge in [-0.05, 0) is 11.8 Å². The fourth-order valence-corrected chi connectivity index (χ4v) is 0.272. The van der Waals surface area contributed by atoms with Crippen molar-refractivity contribution in [3.8, 4) is 36.0 Å². The van der Waals surface area contributed by atoms with Crippen molar-refractivity contribution in [1.29, 1.82) is 0 Å². The van der Waals surface area contributed by atoms with E-state index in [-0.39, 0.29) is 0 Å². The number of hydrogen-bond donors (Lipinski definition) is 0. The van der Waals surface area contributed by atoms with E-state index in [1.807, 2.05) is 6.92 Å². The van der Waals surface area contributed by atoms with Gasteiger partial charge in [0.05, 0.1) is 6.42 Å². The Balaban J connectivity index is 3.52. The molecule has 0 heteroatoms. The summed E-state index contributed by atoms with van der Waals surface area (Å²) in [4.78, 5) is 0. The van der Waals surface area contributed by atoms with Crippen LogP contribution in [-0.2, 0) is 0 Å². The van der Waals surface area contributed by atoms with Gasteiger partial charge < -0.3 is 0 Å². The van der Waals surface area contributed by atoms with Crippen LogP contribution in [0.1, 0.15) is 19.8 Å². The summed E-state index contributed by atoms with van der Waals surface area (Å²) in [6.07, 6.45) is 6.29. The van der Waals surface area contributed by atoms with Crippen LogP contribution in [0.25, 0.3) is 0 Å². The van der Waals surface area contributed by atoms with E-state index in [1.54, 1.807) is 0 Å². The molecule has 0 heterocycles. The lowest BCUT2D eigenvalue weighted by Gasteiger charge is -1.64. The summed E-state index contributed by atoms with van der Waals surface area (Å²) in [6, 6.07) is 0. The SMILES string of the molecule is C#CCC#CC#CCC. The van der Waals surface area contributed by atoms with Crippen LogP contribution in [0.4, 0.5) is 0 Å². The molecule has 0 fully saturated rings. The highest BCUT2D eigenvalue weighted by molar-refractivity contribution is 5.26. The molecule has 0 aliphatic heterocycles. The summed E-state index contributed by atoms with van der Waals surface area (Å²) < 4.78 is 0. The summed E-state index contributed by atoms with van der Waals surface area (Å²) in [7, 11) is 0. The highest BCUT2D eigenvalue weighted by Crippen LogP contribution is 1.67. The lowest BCUT2D eigenvalue weighted by atomic mass is 10.4. The topological polar surface area (TPSA) is 0 Å². The van der Waals surface area contributed by atoms with Crippen molar-refractivity contribution < 1.29 is 0 Å². The maximum Gasteiger partial charge on any atom is 0.0710 e. The Morgan fingerprint density at radius 2 is 1.89 bits per heavy atom. The first-order valence-corrected chi connectivity index (χ1v) is 2.81. The van der Waals surface area contributed by atoms with Crippen LogP contribution in [0.2, 0.25) is 0 Å². The van der Waals surface area contributed by atoms with Gasteiger partial charge in [0.15, 0.2) is 0 Å². The quantitative estimate of drug-likeness (QED) is 0.420. The highest BCUT2D eigenvalue weighted by atomic mass is 13.6. The third kappa shape index (κ3) is 6.68. The van der Waals surface area contributed by atoms with Crippen LogP contribution < -0.4 is 0 Å². The van der Waals surface area contributed by atoms with Crippen molar-refractivity contribution in [1.82, 2.24) is 0 Å². The lowest BCUT2D eigenvalue weighted by Crippen LogP contribution is -1.56. The number of terminal acetylenes is 1. The Hall–Kier alpha value is -1.32. The maximum atomic E-state index is 4.94. The van der Waals surface area contributed by atoms with Crippen molar-refractivity contribution in [2.45, 2.75) is 19.8 Å². The fourth-order valence-electron chi connectivity index (χ4n) is 0.272. The Labute approximate surface area is 56.7 Å². The zero-order valence-electron chi connectivity index (χ0n) is 5.49. The third-order valence-electron chi connectivity index (χ3n) is 0.607. The van der Waals surface area contributed by atoms with Crippen LogP contribution in [0.3, 0.4) is 0 Å². The molecule has 0 N–H and O–H groups in total. The van der Waals surface area contributed by atoms with E-state index in [0.29, 0.717) is 6.42 Å². The molecule has 0 aliphatic rings. The average molecular weight is 116 g/mol. The molecule has 0 spiro atoms. The predicted octanol–water partition coefficient (Wildman–Crippen LogP) is 1.43. The normalized spacial score (nSPS) is 5.33. The molecule has 0 rings (SSSR count). The molecule has 0 saturated carbocycles. The molecule has 0 radical (unpaired) electrons. The fraction of sp³-hybridized carbons (Fsp3) is 0.333. The predicted molar refractivity (Wildman–Crippen MR) is 39.3 cm³/mol. The summed E-state index contributed by atoms with van der Waals surface area (Å²) in [5.74, 6) is 13.2. The molecule has 0 saturated heterocycles. The smallest absolute Gasteiger partial charge is 0.0710 e. The minimum atomic E-state index is 0.498. The summed E-state index contributed by atoms with van der Waals surface area (Å²) in [5.41, 5.74) is 0. The first-order valence-electron chi connectivity index (χ1n) is 2.81. The van der Waals surface area contributed by atoms with Crippen molar-refractivity contribution in [3.63, 3.8) is 0 Å². The first kappa shape index (κ1) is 7.68. The molecule has 0 amide bonds. The molecule has 0 aromatic carbocycles. The molecule has 9 heavy (non-hydrogen) atoms. The zero-order chi connectivity index (χ0) is 6.95. The molecule has 0 aromatic heterocycles. The van der Waals surface area contributed by atoms with Crippen LogP contribution in [0.15, 0.2) is 0 Å². The van der Waals surface area contributed by atoms with Crippen LogP contribution >= 0.6 is 0 Å². The zero-order valence-corrected chi connectivity index (χ0v) is 5.49. The molecule has 0 atom stereocenters. The third-order valence-corrected chi connectivity index (χ3v) is 0.607. The number of hydrogen-bond acceptors (Lipinski definition) is 0. The van der Waals surface area contributed by atoms with E-state index >= 15 is 0 Å². The molecule has 0 nitrogen and oxygen atoms in total. The van der Waals surface area contributed by atoms with Crippen molar-refractivity contribution in [2.24, 2.45) is 0 Å². The van der Waals surface area contributed by atoms with E-state index in [2.05, 4.69) is 29.6 Å². The second-order valence-corrected chi connectivity index (χ2v) is 1.34.